The van der Waals surface area contributed by atoms with E-state index < -0.39 is 0 Å². The first-order chi connectivity index (χ1) is 6.24. The van der Waals surface area contributed by atoms with Gasteiger partial charge in [-0.3, -0.25) is 0 Å². The Morgan fingerprint density at radius 2 is 2.38 bits per heavy atom. The molecule has 0 atom stereocenters. The van der Waals surface area contributed by atoms with Crippen LogP contribution in [0.2, 0.25) is 0 Å². The molecule has 0 bridgehead atoms. The number of aromatic nitrogens is 3. The van der Waals surface area contributed by atoms with Gasteiger partial charge < -0.3 is 4.74 Å². The van der Waals surface area contributed by atoms with Crippen molar-refractivity contribution in [2.24, 2.45) is 14.1 Å². The molecule has 4 nitrogen and oxygen atoms in total. The minimum atomic E-state index is 0.657. The zero-order chi connectivity index (χ0) is 9.68. The molecule has 1 rings (SSSR count). The van der Waals surface area contributed by atoms with Crippen molar-refractivity contribution in [2.45, 2.75) is 26.4 Å². The van der Waals surface area contributed by atoms with Crippen molar-refractivity contribution in [2.75, 3.05) is 6.61 Å². The lowest BCUT2D eigenvalue weighted by Crippen LogP contribution is -2.29. The van der Waals surface area contributed by atoms with Crippen molar-refractivity contribution in [1.82, 2.24) is 9.90 Å². The van der Waals surface area contributed by atoms with E-state index >= 15 is 0 Å². The van der Waals surface area contributed by atoms with E-state index in [0.717, 1.165) is 18.7 Å². The maximum absolute atomic E-state index is 5.48. The van der Waals surface area contributed by atoms with Gasteiger partial charge in [0.1, 0.15) is 20.7 Å². The minimum Gasteiger partial charge on any atom is -0.373 e. The number of rotatable bonds is 5. The van der Waals surface area contributed by atoms with Crippen LogP contribution in [-0.4, -0.2) is 16.5 Å². The highest BCUT2D eigenvalue weighted by atomic mass is 16.5. The molecule has 0 N–H and O–H groups in total. The Morgan fingerprint density at radius 3 is 2.92 bits per heavy atom. The van der Waals surface area contributed by atoms with Crippen LogP contribution in [0.25, 0.3) is 0 Å². The van der Waals surface area contributed by atoms with Crippen LogP contribution in [-0.2, 0) is 25.4 Å². The summed E-state index contributed by atoms with van der Waals surface area (Å²) in [5.41, 5.74) is 1.11. The van der Waals surface area contributed by atoms with Gasteiger partial charge in [-0.25, -0.2) is 0 Å². The zero-order valence-electron chi connectivity index (χ0n) is 8.66. The summed E-state index contributed by atoms with van der Waals surface area (Å²) in [6, 6.07) is 0. The Labute approximate surface area is 79.1 Å². The second-order valence-corrected chi connectivity index (χ2v) is 3.21. The van der Waals surface area contributed by atoms with Crippen molar-refractivity contribution in [3.63, 3.8) is 0 Å². The fourth-order valence-electron chi connectivity index (χ4n) is 1.15. The second-order valence-electron chi connectivity index (χ2n) is 3.21. The lowest BCUT2D eigenvalue weighted by molar-refractivity contribution is -0.732. The van der Waals surface area contributed by atoms with Crippen LogP contribution in [0.5, 0.6) is 0 Å². The molecular weight excluding hydrogens is 166 g/mol. The number of hydrogen-bond donors (Lipinski definition) is 0. The number of nitrogens with zero attached hydrogens (tertiary/aromatic N) is 3. The molecule has 0 saturated heterocycles. The van der Waals surface area contributed by atoms with E-state index in [1.807, 2.05) is 25.0 Å². The fourth-order valence-corrected chi connectivity index (χ4v) is 1.15. The summed E-state index contributed by atoms with van der Waals surface area (Å²) < 4.78 is 9.11. The van der Waals surface area contributed by atoms with Gasteiger partial charge in [-0.1, -0.05) is 13.3 Å². The van der Waals surface area contributed by atoms with Gasteiger partial charge in [0.2, 0.25) is 0 Å². The van der Waals surface area contributed by atoms with Gasteiger partial charge in [0, 0.05) is 6.61 Å². The van der Waals surface area contributed by atoms with Crippen molar-refractivity contribution in [3.05, 3.63) is 11.9 Å². The van der Waals surface area contributed by atoms with Crippen LogP contribution < -0.4 is 4.68 Å². The van der Waals surface area contributed by atoms with Gasteiger partial charge in [0.05, 0.1) is 5.21 Å². The van der Waals surface area contributed by atoms with E-state index in [2.05, 4.69) is 12.1 Å². The maximum atomic E-state index is 5.48. The molecule has 0 saturated carbocycles. The first kappa shape index (κ1) is 10.2. The standard InChI is InChI=1S/C9H18N3O/c1-4-5-6-13-8-9-7-11(2)10-12(9)3/h7H,4-6,8H2,1-3H3/q+1. The van der Waals surface area contributed by atoms with Crippen molar-refractivity contribution >= 4 is 0 Å². The average molecular weight is 184 g/mol. The molecule has 0 fully saturated rings. The van der Waals surface area contributed by atoms with Gasteiger partial charge in [-0.15, -0.1) is 9.36 Å². The summed E-state index contributed by atoms with van der Waals surface area (Å²) in [6.07, 6.45) is 4.29. The van der Waals surface area contributed by atoms with Crippen LogP contribution in [0.3, 0.4) is 0 Å². The van der Waals surface area contributed by atoms with Gasteiger partial charge in [-0.05, 0) is 6.42 Å². The molecule has 0 aromatic carbocycles. The van der Waals surface area contributed by atoms with E-state index in [-0.39, 0.29) is 0 Å². The monoisotopic (exact) mass is 184 g/mol. The molecule has 0 unspecified atom stereocenters. The first-order valence-electron chi connectivity index (χ1n) is 4.70. The van der Waals surface area contributed by atoms with E-state index in [9.17, 15) is 0 Å². The van der Waals surface area contributed by atoms with Crippen LogP contribution in [0.15, 0.2) is 6.20 Å². The van der Waals surface area contributed by atoms with Crippen molar-refractivity contribution < 1.29 is 9.42 Å². The largest absolute Gasteiger partial charge is 0.373 e. The fraction of sp³-hybridized carbons (Fsp3) is 0.778. The molecule has 4 heteroatoms. The van der Waals surface area contributed by atoms with E-state index in [4.69, 9.17) is 4.74 Å². The molecule has 0 aliphatic rings. The maximum Gasteiger partial charge on any atom is 0.192 e. The molecule has 1 aromatic rings. The van der Waals surface area contributed by atoms with Gasteiger partial charge >= 0.3 is 0 Å². The number of unbranched alkanes of at least 4 members (excludes halogenated alkanes) is 1. The molecule has 0 aliphatic carbocycles. The van der Waals surface area contributed by atoms with E-state index in [1.54, 1.807) is 4.68 Å². The smallest absolute Gasteiger partial charge is 0.192 e. The molecule has 1 heterocycles. The predicted molar refractivity (Wildman–Crippen MR) is 48.9 cm³/mol. The Balaban J connectivity index is 2.32. The highest BCUT2D eigenvalue weighted by molar-refractivity contribution is 4.86. The SMILES string of the molecule is CCCCOCc1c[n+](C)nn1C. The minimum absolute atomic E-state index is 0.657. The zero-order valence-corrected chi connectivity index (χ0v) is 8.66. The number of aryl methyl sites for hydroxylation is 2. The third kappa shape index (κ3) is 3.14. The molecule has 0 amide bonds. The van der Waals surface area contributed by atoms with Crippen LogP contribution >= 0.6 is 0 Å². The molecule has 0 aliphatic heterocycles. The molecule has 0 spiro atoms. The first-order valence-corrected chi connectivity index (χ1v) is 4.70. The summed E-state index contributed by atoms with van der Waals surface area (Å²) in [5.74, 6) is 0. The molecule has 13 heavy (non-hydrogen) atoms. The Bertz CT molecular complexity index is 257. The lowest BCUT2D eigenvalue weighted by atomic mass is 10.4. The van der Waals surface area contributed by atoms with Gasteiger partial charge in [0.15, 0.2) is 11.9 Å². The van der Waals surface area contributed by atoms with Crippen molar-refractivity contribution in [3.8, 4) is 0 Å². The number of ether oxygens (including phenoxy) is 1. The normalized spacial score (nSPS) is 10.7. The third-order valence-corrected chi connectivity index (χ3v) is 1.92. The van der Waals surface area contributed by atoms with Gasteiger partial charge in [0.25, 0.3) is 0 Å². The highest BCUT2D eigenvalue weighted by Crippen LogP contribution is 1.96. The Kier molecular flexibility index (Phi) is 3.89. The topological polar surface area (TPSA) is 30.9 Å². The van der Waals surface area contributed by atoms with Crippen LogP contribution in [0.1, 0.15) is 25.5 Å². The van der Waals surface area contributed by atoms with Crippen LogP contribution in [0.4, 0.5) is 0 Å². The van der Waals surface area contributed by atoms with E-state index in [1.165, 1.54) is 6.42 Å². The summed E-state index contributed by atoms with van der Waals surface area (Å²) in [4.78, 5) is 0. The Morgan fingerprint density at radius 1 is 1.62 bits per heavy atom. The Hall–Kier alpha value is -0.900. The molecule has 0 radical (unpaired) electrons. The third-order valence-electron chi connectivity index (χ3n) is 1.92. The van der Waals surface area contributed by atoms with Crippen LogP contribution in [0, 0.1) is 0 Å². The lowest BCUT2D eigenvalue weighted by Gasteiger charge is -1.98. The quantitative estimate of drug-likeness (QED) is 0.494. The molecule has 74 valence electrons. The number of hydrogen-bond acceptors (Lipinski definition) is 2. The molecule has 1 aromatic heterocycles. The van der Waals surface area contributed by atoms with E-state index in [0.29, 0.717) is 6.61 Å². The predicted octanol–water partition coefficient (Wildman–Crippen LogP) is 0.561. The summed E-state index contributed by atoms with van der Waals surface area (Å²) in [7, 11) is 3.84. The summed E-state index contributed by atoms with van der Waals surface area (Å²) in [6.45, 7) is 3.66. The second kappa shape index (κ2) is 4.97. The molecular formula is C9H18N3O+. The summed E-state index contributed by atoms with van der Waals surface area (Å²) >= 11 is 0. The summed E-state index contributed by atoms with van der Waals surface area (Å²) in [5, 5.41) is 4.16. The average Bonchev–Trinajstić information content (AvgIpc) is 2.39. The highest BCUT2D eigenvalue weighted by Gasteiger charge is 2.08. The van der Waals surface area contributed by atoms with Crippen molar-refractivity contribution in [1.29, 1.82) is 0 Å². The van der Waals surface area contributed by atoms with Gasteiger partial charge in [-0.2, -0.15) is 0 Å².